The van der Waals surface area contributed by atoms with Crippen LogP contribution in [0.25, 0.3) is 0 Å². The van der Waals surface area contributed by atoms with Crippen molar-refractivity contribution >= 4 is 45.6 Å². The van der Waals surface area contributed by atoms with Gasteiger partial charge in [-0.05, 0) is 68.4 Å². The number of amides is 1. The summed E-state index contributed by atoms with van der Waals surface area (Å²) >= 11 is 9.23. The summed E-state index contributed by atoms with van der Waals surface area (Å²) in [7, 11) is 0. The molecule has 0 saturated heterocycles. The normalized spacial score (nSPS) is 11.8. The summed E-state index contributed by atoms with van der Waals surface area (Å²) in [6, 6.07) is 18.9. The van der Waals surface area contributed by atoms with E-state index < -0.39 is 18.0 Å². The molecule has 0 spiro atoms. The van der Waals surface area contributed by atoms with E-state index in [1.165, 1.54) is 6.21 Å². The zero-order valence-corrected chi connectivity index (χ0v) is 19.7. The van der Waals surface area contributed by atoms with E-state index in [2.05, 4.69) is 26.5 Å². The molecule has 1 amide bonds. The number of benzene rings is 3. The van der Waals surface area contributed by atoms with Crippen molar-refractivity contribution in [3.8, 4) is 11.5 Å². The molecule has 1 N–H and O–H groups in total. The van der Waals surface area contributed by atoms with Gasteiger partial charge in [-0.2, -0.15) is 5.10 Å². The lowest BCUT2D eigenvalue weighted by atomic mass is 10.1. The lowest BCUT2D eigenvalue weighted by Crippen LogP contribution is -2.33. The van der Waals surface area contributed by atoms with Gasteiger partial charge in [0.25, 0.3) is 5.91 Å². The number of ether oxygens (including phenoxy) is 2. The fourth-order valence-corrected chi connectivity index (χ4v) is 3.18. The molecule has 0 aliphatic rings. The number of carbonyl (C=O) groups excluding carboxylic acids is 2. The Labute approximate surface area is 199 Å². The maximum Gasteiger partial charge on any atom is 0.343 e. The second-order valence-electron chi connectivity index (χ2n) is 6.89. The molecule has 0 saturated carbocycles. The SMILES string of the molecule is Cc1cccc(C(=O)Oc2ccc(Br)cc2/C=N\NC(=O)[C@H](C)Oc2ccc(Cl)cc2)c1. The fourth-order valence-electron chi connectivity index (χ4n) is 2.67. The van der Waals surface area contributed by atoms with Crippen LogP contribution in [0.3, 0.4) is 0 Å². The summed E-state index contributed by atoms with van der Waals surface area (Å²) in [6.07, 6.45) is 0.616. The van der Waals surface area contributed by atoms with Crippen molar-refractivity contribution in [1.29, 1.82) is 0 Å². The Morgan fingerprint density at radius 1 is 1.09 bits per heavy atom. The first-order valence-corrected chi connectivity index (χ1v) is 10.8. The largest absolute Gasteiger partial charge is 0.481 e. The number of esters is 1. The highest BCUT2D eigenvalue weighted by atomic mass is 79.9. The molecule has 164 valence electrons. The van der Waals surface area contributed by atoms with Crippen molar-refractivity contribution < 1.29 is 19.1 Å². The lowest BCUT2D eigenvalue weighted by Gasteiger charge is -2.13. The first-order valence-electron chi connectivity index (χ1n) is 9.65. The molecular weight excluding hydrogens is 496 g/mol. The maximum absolute atomic E-state index is 12.5. The van der Waals surface area contributed by atoms with Gasteiger partial charge in [0.1, 0.15) is 11.5 Å². The van der Waals surface area contributed by atoms with Gasteiger partial charge in [0, 0.05) is 15.1 Å². The Hall–Kier alpha value is -3.16. The summed E-state index contributed by atoms with van der Waals surface area (Å²) in [5, 5.41) is 4.55. The van der Waals surface area contributed by atoms with Crippen molar-refractivity contribution in [3.05, 3.63) is 92.9 Å². The third-order valence-corrected chi connectivity index (χ3v) is 5.05. The van der Waals surface area contributed by atoms with Crippen LogP contribution in [-0.4, -0.2) is 24.2 Å². The van der Waals surface area contributed by atoms with Gasteiger partial charge in [-0.3, -0.25) is 4.79 Å². The molecule has 3 rings (SSSR count). The minimum atomic E-state index is -0.783. The summed E-state index contributed by atoms with van der Waals surface area (Å²) < 4.78 is 11.9. The fraction of sp³-hybridized carbons (Fsp3) is 0.125. The number of rotatable bonds is 7. The summed E-state index contributed by atoms with van der Waals surface area (Å²) in [6.45, 7) is 3.50. The molecular formula is C24H20BrClN2O4. The predicted octanol–water partition coefficient (Wildman–Crippen LogP) is 5.55. The molecule has 0 aliphatic heterocycles. The van der Waals surface area contributed by atoms with E-state index >= 15 is 0 Å². The number of nitrogens with zero attached hydrogens (tertiary/aromatic N) is 1. The molecule has 1 atom stereocenters. The molecule has 6 nitrogen and oxygen atoms in total. The molecule has 0 radical (unpaired) electrons. The number of halogens is 2. The molecule has 8 heteroatoms. The van der Waals surface area contributed by atoms with Crippen LogP contribution in [0.1, 0.15) is 28.4 Å². The van der Waals surface area contributed by atoms with Crippen LogP contribution in [0.5, 0.6) is 11.5 Å². The molecule has 32 heavy (non-hydrogen) atoms. The molecule has 0 aliphatic carbocycles. The summed E-state index contributed by atoms with van der Waals surface area (Å²) in [4.78, 5) is 24.8. The van der Waals surface area contributed by atoms with Gasteiger partial charge in [0.05, 0.1) is 11.8 Å². The highest BCUT2D eigenvalue weighted by molar-refractivity contribution is 9.10. The van der Waals surface area contributed by atoms with E-state index in [1.54, 1.807) is 67.6 Å². The van der Waals surface area contributed by atoms with Crippen LogP contribution >= 0.6 is 27.5 Å². The average molecular weight is 516 g/mol. The predicted molar refractivity (Wildman–Crippen MR) is 128 cm³/mol. The third-order valence-electron chi connectivity index (χ3n) is 4.30. The number of hydrazone groups is 1. The molecule has 0 bridgehead atoms. The Morgan fingerprint density at radius 3 is 2.56 bits per heavy atom. The number of nitrogens with one attached hydrogen (secondary N) is 1. The van der Waals surface area contributed by atoms with Gasteiger partial charge in [-0.1, -0.05) is 45.2 Å². The van der Waals surface area contributed by atoms with Crippen LogP contribution in [0, 0.1) is 6.92 Å². The highest BCUT2D eigenvalue weighted by Crippen LogP contribution is 2.23. The van der Waals surface area contributed by atoms with E-state index in [-0.39, 0.29) is 0 Å². The number of hydrogen-bond donors (Lipinski definition) is 1. The molecule has 3 aromatic rings. The monoisotopic (exact) mass is 514 g/mol. The van der Waals surface area contributed by atoms with Crippen LogP contribution in [-0.2, 0) is 4.79 Å². The van der Waals surface area contributed by atoms with Crippen LogP contribution in [0.2, 0.25) is 5.02 Å². The van der Waals surface area contributed by atoms with E-state index in [1.807, 2.05) is 13.0 Å². The Bertz CT molecular complexity index is 1150. The second kappa shape index (κ2) is 10.9. The van der Waals surface area contributed by atoms with Crippen molar-refractivity contribution in [1.82, 2.24) is 5.43 Å². The van der Waals surface area contributed by atoms with Gasteiger partial charge < -0.3 is 9.47 Å². The van der Waals surface area contributed by atoms with E-state index in [9.17, 15) is 9.59 Å². The second-order valence-corrected chi connectivity index (χ2v) is 8.24. The van der Waals surface area contributed by atoms with Crippen LogP contribution in [0.4, 0.5) is 0 Å². The standard InChI is InChI=1S/C24H20BrClN2O4/c1-15-4-3-5-17(12-15)24(30)32-22-11-6-19(25)13-18(22)14-27-28-23(29)16(2)31-21-9-7-20(26)8-10-21/h3-14,16H,1-2H3,(H,28,29)/b27-14-/t16-/m0/s1. The van der Waals surface area contributed by atoms with Crippen LogP contribution < -0.4 is 14.9 Å². The van der Waals surface area contributed by atoms with E-state index in [0.717, 1.165) is 10.0 Å². The smallest absolute Gasteiger partial charge is 0.343 e. The minimum absolute atomic E-state index is 0.308. The Balaban J connectivity index is 1.65. The summed E-state index contributed by atoms with van der Waals surface area (Å²) in [5.74, 6) is -0.106. The van der Waals surface area contributed by atoms with Gasteiger partial charge in [0.15, 0.2) is 6.10 Å². The summed E-state index contributed by atoms with van der Waals surface area (Å²) in [5.41, 5.74) is 4.33. The number of aryl methyl sites for hydroxylation is 1. The number of hydrogen-bond acceptors (Lipinski definition) is 5. The van der Waals surface area contributed by atoms with Crippen molar-refractivity contribution in [3.63, 3.8) is 0 Å². The molecule has 0 heterocycles. The topological polar surface area (TPSA) is 77.0 Å². The maximum atomic E-state index is 12.5. The van der Waals surface area contributed by atoms with Gasteiger partial charge >= 0.3 is 5.97 Å². The molecule has 0 fully saturated rings. The quantitative estimate of drug-likeness (QED) is 0.194. The molecule has 0 aromatic heterocycles. The van der Waals surface area contributed by atoms with E-state index in [4.69, 9.17) is 21.1 Å². The third kappa shape index (κ3) is 6.67. The molecule has 0 unspecified atom stereocenters. The first-order chi connectivity index (χ1) is 15.3. The van der Waals surface area contributed by atoms with Crippen molar-refractivity contribution in [2.75, 3.05) is 0 Å². The van der Waals surface area contributed by atoms with Crippen LogP contribution in [0.15, 0.2) is 76.3 Å². The zero-order chi connectivity index (χ0) is 23.1. The average Bonchev–Trinajstić information content (AvgIpc) is 2.77. The van der Waals surface area contributed by atoms with Crippen molar-refractivity contribution in [2.24, 2.45) is 5.10 Å². The minimum Gasteiger partial charge on any atom is -0.481 e. The Morgan fingerprint density at radius 2 is 1.84 bits per heavy atom. The molecule has 3 aromatic carbocycles. The number of carbonyl (C=O) groups is 2. The van der Waals surface area contributed by atoms with Gasteiger partial charge in [-0.15, -0.1) is 0 Å². The van der Waals surface area contributed by atoms with Gasteiger partial charge in [-0.25, -0.2) is 10.2 Å². The Kier molecular flexibility index (Phi) is 8.03. The van der Waals surface area contributed by atoms with Crippen molar-refractivity contribution in [2.45, 2.75) is 20.0 Å². The highest BCUT2D eigenvalue weighted by Gasteiger charge is 2.15. The lowest BCUT2D eigenvalue weighted by molar-refractivity contribution is -0.127. The van der Waals surface area contributed by atoms with Gasteiger partial charge in [0.2, 0.25) is 0 Å². The van der Waals surface area contributed by atoms with E-state index in [0.29, 0.717) is 27.6 Å². The first kappa shape index (κ1) is 23.5. The zero-order valence-electron chi connectivity index (χ0n) is 17.3.